The lowest BCUT2D eigenvalue weighted by Gasteiger charge is -2.29. The van der Waals surface area contributed by atoms with E-state index in [0.717, 1.165) is 42.5 Å². The number of carbonyl (C=O) groups is 2. The number of ether oxygens (including phenoxy) is 1. The molecule has 8 nitrogen and oxygen atoms in total. The Hall–Kier alpha value is -4.64. The Labute approximate surface area is 245 Å². The van der Waals surface area contributed by atoms with Crippen LogP contribution in [0.5, 0.6) is 0 Å². The fourth-order valence-electron chi connectivity index (χ4n) is 6.02. The van der Waals surface area contributed by atoms with Gasteiger partial charge in [0.1, 0.15) is 6.61 Å². The van der Waals surface area contributed by atoms with Crippen molar-refractivity contribution in [1.82, 2.24) is 10.3 Å². The maximum atomic E-state index is 12.9. The van der Waals surface area contributed by atoms with Crippen molar-refractivity contribution in [3.05, 3.63) is 88.8 Å². The molecule has 0 bridgehead atoms. The summed E-state index contributed by atoms with van der Waals surface area (Å²) in [5, 5.41) is 3.12. The Kier molecular flexibility index (Phi) is 7.66. The van der Waals surface area contributed by atoms with E-state index < -0.39 is 0 Å². The Bertz CT molecular complexity index is 1640. The Balaban J connectivity index is 1.02. The molecule has 6 rings (SSSR count). The zero-order valence-corrected chi connectivity index (χ0v) is 23.9. The molecule has 214 valence electrons. The largest absolute Gasteiger partial charge is 0.447 e. The van der Waals surface area contributed by atoms with Crippen LogP contribution in [0.2, 0.25) is 0 Å². The number of hydrogen-bond donors (Lipinski definition) is 1. The van der Waals surface area contributed by atoms with Crippen molar-refractivity contribution >= 4 is 34.5 Å². The van der Waals surface area contributed by atoms with Crippen LogP contribution in [0.25, 0.3) is 27.4 Å². The van der Waals surface area contributed by atoms with E-state index in [-0.39, 0.29) is 17.9 Å². The van der Waals surface area contributed by atoms with Crippen molar-refractivity contribution in [2.45, 2.75) is 51.4 Å². The lowest BCUT2D eigenvalue weighted by atomic mass is 9.78. The number of oxazole rings is 1. The van der Waals surface area contributed by atoms with Crippen LogP contribution in [0.4, 0.5) is 16.2 Å². The van der Waals surface area contributed by atoms with Crippen molar-refractivity contribution in [1.29, 1.82) is 0 Å². The van der Waals surface area contributed by atoms with Crippen LogP contribution in [0.1, 0.15) is 72.9 Å². The molecule has 2 fully saturated rings. The van der Waals surface area contributed by atoms with Gasteiger partial charge in [-0.3, -0.25) is 9.69 Å². The number of fused-ring (bicyclic) bond motifs is 1. The molecular weight excluding hydrogens is 528 g/mol. The zero-order valence-electron chi connectivity index (χ0n) is 23.9. The van der Waals surface area contributed by atoms with Crippen LogP contribution in [-0.4, -0.2) is 36.7 Å². The van der Waals surface area contributed by atoms with Gasteiger partial charge in [-0.25, -0.2) is 14.6 Å². The van der Waals surface area contributed by atoms with Crippen LogP contribution in [-0.2, 0) is 4.74 Å². The first kappa shape index (κ1) is 27.5. The molecule has 0 spiro atoms. The minimum absolute atomic E-state index is 0.0824. The summed E-state index contributed by atoms with van der Waals surface area (Å²) in [7, 11) is 0. The van der Waals surface area contributed by atoms with Gasteiger partial charge in [0.25, 0.3) is 5.91 Å². The first-order valence-electron chi connectivity index (χ1n) is 14.6. The average Bonchev–Trinajstić information content (AvgIpc) is 3.66. The molecule has 0 unspecified atom stereocenters. The van der Waals surface area contributed by atoms with Gasteiger partial charge in [-0.1, -0.05) is 26.0 Å². The van der Waals surface area contributed by atoms with Crippen LogP contribution < -0.4 is 10.2 Å². The third-order valence-electron chi connectivity index (χ3n) is 8.48. The molecule has 42 heavy (non-hydrogen) atoms. The molecule has 1 saturated carbocycles. The molecule has 8 heteroatoms. The summed E-state index contributed by atoms with van der Waals surface area (Å²) >= 11 is 0. The topological polar surface area (TPSA) is 89.0 Å². The first-order valence-corrected chi connectivity index (χ1v) is 14.6. The van der Waals surface area contributed by atoms with E-state index in [1.807, 2.05) is 30.3 Å². The van der Waals surface area contributed by atoms with E-state index in [1.165, 1.54) is 5.56 Å². The standard InChI is InChI=1S/C34H34N4O4/c1-21(2)29-18-27(35-3)19-30-31(29)42-33(37-30)26-10-8-25(9-11-26)32(39)36-20-22-4-6-23(7-5-22)24-12-14-28(15-13-24)38-16-17-41-34(38)40/h8-15,18-19,21-23H,4-7,16-17,20H2,1-2H3,(H,36,39)/t22-,23-. The van der Waals surface area contributed by atoms with Crippen LogP contribution in [0, 0.1) is 12.5 Å². The number of aromatic nitrogens is 1. The predicted octanol–water partition coefficient (Wildman–Crippen LogP) is 7.83. The molecule has 1 aliphatic carbocycles. The fraction of sp³-hybridized carbons (Fsp3) is 0.353. The second-order valence-corrected chi connectivity index (χ2v) is 11.5. The molecule has 1 aliphatic heterocycles. The van der Waals surface area contributed by atoms with E-state index in [1.54, 1.807) is 23.1 Å². The summed E-state index contributed by atoms with van der Waals surface area (Å²) in [6.07, 6.45) is 4.02. The number of amides is 2. The van der Waals surface area contributed by atoms with Crippen molar-refractivity contribution < 1.29 is 18.7 Å². The molecular formula is C34H34N4O4. The minimum Gasteiger partial charge on any atom is -0.447 e. The quantitative estimate of drug-likeness (QED) is 0.232. The molecule has 2 heterocycles. The molecule has 2 amide bonds. The van der Waals surface area contributed by atoms with Crippen molar-refractivity contribution in [3.8, 4) is 11.5 Å². The van der Waals surface area contributed by atoms with Gasteiger partial charge in [0.05, 0.1) is 18.6 Å². The monoisotopic (exact) mass is 562 g/mol. The van der Waals surface area contributed by atoms with Gasteiger partial charge in [-0.2, -0.15) is 0 Å². The lowest BCUT2D eigenvalue weighted by molar-refractivity contribution is 0.0943. The van der Waals surface area contributed by atoms with Crippen molar-refractivity contribution in [3.63, 3.8) is 0 Å². The van der Waals surface area contributed by atoms with Crippen LogP contribution in [0.3, 0.4) is 0 Å². The highest BCUT2D eigenvalue weighted by Gasteiger charge is 2.26. The predicted molar refractivity (Wildman–Crippen MR) is 162 cm³/mol. The summed E-state index contributed by atoms with van der Waals surface area (Å²) in [5.74, 6) is 1.55. The van der Waals surface area contributed by atoms with Crippen molar-refractivity contribution in [2.24, 2.45) is 5.92 Å². The molecule has 0 radical (unpaired) electrons. The third-order valence-corrected chi connectivity index (χ3v) is 8.48. The Morgan fingerprint density at radius 1 is 1.07 bits per heavy atom. The Morgan fingerprint density at radius 3 is 2.45 bits per heavy atom. The molecule has 0 atom stereocenters. The molecule has 1 N–H and O–H groups in total. The Morgan fingerprint density at radius 2 is 1.81 bits per heavy atom. The number of nitrogens with one attached hydrogen (secondary N) is 1. The second-order valence-electron chi connectivity index (χ2n) is 11.5. The summed E-state index contributed by atoms with van der Waals surface area (Å²) in [6.45, 7) is 13.2. The second kappa shape index (κ2) is 11.7. The third kappa shape index (κ3) is 5.60. The van der Waals surface area contributed by atoms with Gasteiger partial charge in [-0.15, -0.1) is 0 Å². The SMILES string of the molecule is [C-]#[N+]c1cc(C(C)C)c2oc(-c3ccc(C(=O)NC[C@H]4CC[C@H](c5ccc(N6CCOC6=O)cc5)CC4)cc3)nc2c1. The normalized spacial score (nSPS) is 18.7. The number of carbonyl (C=O) groups excluding carboxylic acids is 2. The summed E-state index contributed by atoms with van der Waals surface area (Å²) in [5.41, 5.74) is 6.46. The summed E-state index contributed by atoms with van der Waals surface area (Å²) in [4.78, 5) is 34.6. The maximum Gasteiger partial charge on any atom is 0.414 e. The number of rotatable bonds is 7. The lowest BCUT2D eigenvalue weighted by Crippen LogP contribution is -2.31. The van der Waals surface area contributed by atoms with E-state index >= 15 is 0 Å². The van der Waals surface area contributed by atoms with Gasteiger partial charge < -0.3 is 14.5 Å². The van der Waals surface area contributed by atoms with Gasteiger partial charge in [-0.05, 0) is 103 Å². The number of cyclic esters (lactones) is 1. The highest BCUT2D eigenvalue weighted by atomic mass is 16.6. The first-order chi connectivity index (χ1) is 20.4. The van der Waals surface area contributed by atoms with Crippen LogP contribution in [0.15, 0.2) is 65.1 Å². The average molecular weight is 563 g/mol. The molecule has 4 aromatic rings. The number of benzene rings is 3. The smallest absolute Gasteiger partial charge is 0.414 e. The molecule has 2 aliphatic rings. The zero-order chi connectivity index (χ0) is 29.2. The van der Waals surface area contributed by atoms with Gasteiger partial charge in [0, 0.05) is 23.4 Å². The van der Waals surface area contributed by atoms with E-state index in [9.17, 15) is 9.59 Å². The maximum absolute atomic E-state index is 12.9. The summed E-state index contributed by atoms with van der Waals surface area (Å²) < 4.78 is 11.2. The van der Waals surface area contributed by atoms with Gasteiger partial charge >= 0.3 is 6.09 Å². The van der Waals surface area contributed by atoms with E-state index in [4.69, 9.17) is 15.7 Å². The van der Waals surface area contributed by atoms with E-state index in [0.29, 0.717) is 59.8 Å². The van der Waals surface area contributed by atoms with Gasteiger partial charge in [0.2, 0.25) is 5.89 Å². The highest BCUT2D eigenvalue weighted by Crippen LogP contribution is 2.37. The van der Waals surface area contributed by atoms with Gasteiger partial charge in [0.15, 0.2) is 11.3 Å². The van der Waals surface area contributed by atoms with E-state index in [2.05, 4.69) is 41.1 Å². The number of anilines is 1. The number of hydrogen-bond acceptors (Lipinski definition) is 5. The van der Waals surface area contributed by atoms with Crippen LogP contribution >= 0.6 is 0 Å². The van der Waals surface area contributed by atoms with Crippen molar-refractivity contribution in [2.75, 3.05) is 24.6 Å². The highest BCUT2D eigenvalue weighted by molar-refractivity contribution is 5.94. The molecule has 1 aromatic heterocycles. The molecule has 1 saturated heterocycles. The number of nitrogens with zero attached hydrogens (tertiary/aromatic N) is 3. The molecule has 3 aromatic carbocycles. The minimum atomic E-state index is -0.276. The summed E-state index contributed by atoms with van der Waals surface area (Å²) in [6, 6.07) is 19.2. The fourth-order valence-corrected chi connectivity index (χ4v) is 6.02.